The molecule has 0 aromatic heterocycles. The first-order valence-corrected chi connectivity index (χ1v) is 18.2. The molecule has 250 valence electrons. The number of carbonyl (C=O) groups excluding carboxylic acids is 1. The molecule has 7 rings (SSSR count). The molecule has 5 saturated carbocycles. The number of ether oxygens (including phenoxy) is 4. The number of hydrogen-bond donors (Lipinski definition) is 1. The molecular formula is C37H61NO6. The van der Waals surface area contributed by atoms with Gasteiger partial charge in [0.25, 0.3) is 0 Å². The largest absolute Gasteiger partial charge is 0.460 e. The van der Waals surface area contributed by atoms with Gasteiger partial charge in [0.15, 0.2) is 6.10 Å². The molecule has 5 aliphatic carbocycles. The highest BCUT2D eigenvalue weighted by molar-refractivity contribution is 5.75. The molecule has 0 aromatic rings. The van der Waals surface area contributed by atoms with E-state index in [9.17, 15) is 9.90 Å². The van der Waals surface area contributed by atoms with E-state index in [1.54, 1.807) is 0 Å². The van der Waals surface area contributed by atoms with Crippen LogP contribution in [0.3, 0.4) is 0 Å². The van der Waals surface area contributed by atoms with Gasteiger partial charge in [-0.3, -0.25) is 0 Å². The maximum absolute atomic E-state index is 13.3. The molecule has 12 unspecified atom stereocenters. The van der Waals surface area contributed by atoms with Crippen molar-refractivity contribution in [3.63, 3.8) is 0 Å². The quantitative estimate of drug-likeness (QED) is 0.375. The Labute approximate surface area is 266 Å². The third-order valence-electron chi connectivity index (χ3n) is 15.4. The van der Waals surface area contributed by atoms with Gasteiger partial charge >= 0.3 is 5.97 Å². The van der Waals surface area contributed by atoms with Crippen LogP contribution in [0, 0.1) is 51.2 Å². The lowest BCUT2D eigenvalue weighted by atomic mass is 9.46. The number of esters is 1. The smallest absolute Gasteiger partial charge is 0.336 e. The fourth-order valence-electron chi connectivity index (χ4n) is 13.5. The molecule has 2 saturated heterocycles. The molecule has 2 heterocycles. The second-order valence-corrected chi connectivity index (χ2v) is 17.7. The Balaban J connectivity index is 1.09. The number of aliphatic hydroxyl groups is 1. The Kier molecular flexibility index (Phi) is 7.70. The maximum atomic E-state index is 13.3. The van der Waals surface area contributed by atoms with Gasteiger partial charge in [0.05, 0.1) is 24.4 Å². The summed E-state index contributed by atoms with van der Waals surface area (Å²) in [6.07, 6.45) is 10.2. The molecular weight excluding hydrogens is 554 g/mol. The summed E-state index contributed by atoms with van der Waals surface area (Å²) in [5.41, 5.74) is 0.190. The summed E-state index contributed by atoms with van der Waals surface area (Å²) < 4.78 is 25.2. The third-order valence-corrected chi connectivity index (χ3v) is 15.4. The highest BCUT2D eigenvalue weighted by Crippen LogP contribution is 2.89. The molecule has 0 bridgehead atoms. The topological polar surface area (TPSA) is 77.5 Å². The van der Waals surface area contributed by atoms with E-state index in [1.807, 2.05) is 20.8 Å². The zero-order valence-electron chi connectivity index (χ0n) is 28.9. The average molecular weight is 616 g/mol. The van der Waals surface area contributed by atoms with Crippen LogP contribution in [0.2, 0.25) is 0 Å². The molecule has 7 nitrogen and oxygen atoms in total. The Morgan fingerprint density at radius 3 is 2.48 bits per heavy atom. The van der Waals surface area contributed by atoms with Crippen molar-refractivity contribution < 1.29 is 28.8 Å². The van der Waals surface area contributed by atoms with Gasteiger partial charge in [0.2, 0.25) is 0 Å². The lowest BCUT2D eigenvalue weighted by molar-refractivity contribution is -0.194. The van der Waals surface area contributed by atoms with Crippen LogP contribution < -0.4 is 0 Å². The van der Waals surface area contributed by atoms with E-state index in [0.717, 1.165) is 31.2 Å². The number of likely N-dealkylation sites (N-methyl/N-ethyl adjacent to an activating group) is 1. The fraction of sp³-hybridized carbons (Fsp3) is 0.973. The van der Waals surface area contributed by atoms with Crippen molar-refractivity contribution in [3.05, 3.63) is 0 Å². The second-order valence-electron chi connectivity index (χ2n) is 17.7. The molecule has 7 fully saturated rings. The zero-order valence-corrected chi connectivity index (χ0v) is 28.9. The normalized spacial score (nSPS) is 50.3. The summed E-state index contributed by atoms with van der Waals surface area (Å²) in [4.78, 5) is 15.4. The van der Waals surface area contributed by atoms with Crippen LogP contribution >= 0.6 is 0 Å². The lowest BCUT2D eigenvalue weighted by Crippen LogP contribution is -2.56. The van der Waals surface area contributed by atoms with Gasteiger partial charge < -0.3 is 29.0 Å². The van der Waals surface area contributed by atoms with Gasteiger partial charge in [-0.2, -0.15) is 0 Å². The molecule has 44 heavy (non-hydrogen) atoms. The Hall–Kier alpha value is -0.730. The third kappa shape index (κ3) is 4.33. The van der Waals surface area contributed by atoms with E-state index >= 15 is 0 Å². The maximum Gasteiger partial charge on any atom is 0.336 e. The van der Waals surface area contributed by atoms with E-state index in [-0.39, 0.29) is 35.8 Å². The summed E-state index contributed by atoms with van der Waals surface area (Å²) in [6.45, 7) is 18.5. The van der Waals surface area contributed by atoms with Gasteiger partial charge in [0.1, 0.15) is 12.2 Å². The Bertz CT molecular complexity index is 1120. The minimum absolute atomic E-state index is 0.0333. The van der Waals surface area contributed by atoms with Crippen LogP contribution in [0.1, 0.15) is 106 Å². The fourth-order valence-corrected chi connectivity index (χ4v) is 13.5. The number of carbonyl (C=O) groups is 1. The highest BCUT2D eigenvalue weighted by atomic mass is 16.6. The molecule has 2 spiro atoms. The predicted molar refractivity (Wildman–Crippen MR) is 169 cm³/mol. The second kappa shape index (κ2) is 10.6. The Morgan fingerprint density at radius 1 is 1.02 bits per heavy atom. The lowest BCUT2D eigenvalue weighted by Gasteiger charge is -2.59. The van der Waals surface area contributed by atoms with Crippen molar-refractivity contribution >= 4 is 5.97 Å². The summed E-state index contributed by atoms with van der Waals surface area (Å²) in [6, 6.07) is 0. The summed E-state index contributed by atoms with van der Waals surface area (Å²) in [5, 5.41) is 10.9. The molecule has 2 aliphatic heterocycles. The number of morpholine rings is 1. The van der Waals surface area contributed by atoms with Crippen molar-refractivity contribution in [1.29, 1.82) is 0 Å². The first-order valence-electron chi connectivity index (χ1n) is 18.2. The number of hydrogen-bond acceptors (Lipinski definition) is 7. The van der Waals surface area contributed by atoms with Crippen LogP contribution in [0.4, 0.5) is 0 Å². The molecule has 7 aliphatic rings. The number of rotatable bonds is 6. The van der Waals surface area contributed by atoms with Crippen LogP contribution in [0.15, 0.2) is 0 Å². The minimum Gasteiger partial charge on any atom is -0.460 e. The predicted octanol–water partition coefficient (Wildman–Crippen LogP) is 5.86. The van der Waals surface area contributed by atoms with Gasteiger partial charge in [-0.1, -0.05) is 27.7 Å². The van der Waals surface area contributed by atoms with Crippen molar-refractivity contribution in [2.24, 2.45) is 51.2 Å². The van der Waals surface area contributed by atoms with Gasteiger partial charge in [-0.15, -0.1) is 0 Å². The summed E-state index contributed by atoms with van der Waals surface area (Å²) in [5.74, 6) is 3.25. The first kappa shape index (κ1) is 31.8. The van der Waals surface area contributed by atoms with Crippen molar-refractivity contribution in [3.8, 4) is 0 Å². The molecule has 13 atom stereocenters. The van der Waals surface area contributed by atoms with Crippen molar-refractivity contribution in [2.45, 2.75) is 142 Å². The van der Waals surface area contributed by atoms with E-state index in [4.69, 9.17) is 18.9 Å². The van der Waals surface area contributed by atoms with Crippen LogP contribution in [-0.4, -0.2) is 85.4 Å². The minimum atomic E-state index is -0.916. The standard InChI is InChI=1S/C37H61NO6/c1-9-41-31(34(5,6)40)26-12-10-24-27(43-26)20-25-23-11-13-29-33(3,4)30(44-32(39)28-21-38(8)18-19-42-28)14-15-37(29)22(2)36(23,37)17-16-35(24,25)7/h22-31,40H,9-21H2,1-8H3/t22-,23?,24?,25?,26?,27?,28?,29?,30?,31?,35?,36?,37?/m0/s1. The molecule has 1 N–H and O–H groups in total. The highest BCUT2D eigenvalue weighted by Gasteiger charge is 2.85. The van der Waals surface area contributed by atoms with E-state index < -0.39 is 11.7 Å². The van der Waals surface area contributed by atoms with Gasteiger partial charge in [-0.25, -0.2) is 4.79 Å². The van der Waals surface area contributed by atoms with E-state index in [0.29, 0.717) is 53.8 Å². The average Bonchev–Trinajstić information content (AvgIpc) is 3.34. The summed E-state index contributed by atoms with van der Waals surface area (Å²) in [7, 11) is 2.05. The van der Waals surface area contributed by atoms with E-state index in [1.165, 1.54) is 44.9 Å². The summed E-state index contributed by atoms with van der Waals surface area (Å²) >= 11 is 0. The van der Waals surface area contributed by atoms with Crippen molar-refractivity contribution in [1.82, 2.24) is 4.90 Å². The molecule has 7 heteroatoms. The molecule has 0 radical (unpaired) electrons. The Morgan fingerprint density at radius 2 is 1.77 bits per heavy atom. The zero-order chi connectivity index (χ0) is 31.4. The van der Waals surface area contributed by atoms with Crippen molar-refractivity contribution in [2.75, 3.05) is 33.4 Å². The van der Waals surface area contributed by atoms with Crippen LogP contribution in [0.5, 0.6) is 0 Å². The van der Waals surface area contributed by atoms with Gasteiger partial charge in [-0.05, 0) is 131 Å². The van der Waals surface area contributed by atoms with E-state index in [2.05, 4.69) is 39.6 Å². The SMILES string of the molecule is CCOC(C1CCC2C(CC3C4CCC5C(C)(C)C(OC(=O)C6CN(C)CCO6)CCC56[C@@H](C)C46CCC23C)O1)C(C)(C)O. The van der Waals surface area contributed by atoms with Crippen LogP contribution in [-0.2, 0) is 23.7 Å². The number of fused-ring (bicyclic) bond motifs is 4. The number of nitrogens with zero attached hydrogens (tertiary/aromatic N) is 1. The van der Waals surface area contributed by atoms with Gasteiger partial charge in [0, 0.05) is 25.1 Å². The first-order chi connectivity index (χ1) is 20.7. The molecule has 0 amide bonds. The molecule has 0 aromatic carbocycles. The monoisotopic (exact) mass is 615 g/mol. The van der Waals surface area contributed by atoms with Crippen LogP contribution in [0.25, 0.3) is 0 Å².